The summed E-state index contributed by atoms with van der Waals surface area (Å²) in [4.78, 5) is 16.7. The minimum Gasteiger partial charge on any atom is -0.494 e. The Morgan fingerprint density at radius 2 is 2.03 bits per heavy atom. The molecule has 0 saturated carbocycles. The number of hydrogen-bond acceptors (Lipinski definition) is 6. The number of aliphatic imine (C=N–C) groups is 1. The number of amides is 1. The third-order valence-electron chi connectivity index (χ3n) is 5.21. The van der Waals surface area contributed by atoms with Crippen molar-refractivity contribution in [1.82, 2.24) is 10.6 Å². The fourth-order valence-corrected chi connectivity index (χ4v) is 3.77. The Bertz CT molecular complexity index is 1250. The molecule has 4 N–H and O–H groups in total. The predicted molar refractivity (Wildman–Crippen MR) is 113 cm³/mol. The quantitative estimate of drug-likeness (QED) is 0.611. The lowest BCUT2D eigenvalue weighted by atomic mass is 10.0. The Balaban J connectivity index is 1.57. The van der Waals surface area contributed by atoms with Crippen molar-refractivity contribution < 1.29 is 13.9 Å². The lowest BCUT2D eigenvalue weighted by Gasteiger charge is -2.20. The lowest BCUT2D eigenvalue weighted by molar-refractivity contribution is 0.100. The number of amidine groups is 1. The van der Waals surface area contributed by atoms with Gasteiger partial charge in [-0.05, 0) is 18.6 Å². The van der Waals surface area contributed by atoms with Crippen molar-refractivity contribution in [3.8, 4) is 0 Å². The maximum absolute atomic E-state index is 11.8. The maximum atomic E-state index is 11.8. The van der Waals surface area contributed by atoms with Gasteiger partial charge in [-0.25, -0.2) is 4.99 Å². The van der Waals surface area contributed by atoms with E-state index in [4.69, 9.17) is 19.9 Å². The molecule has 5 rings (SSSR count). The summed E-state index contributed by atoms with van der Waals surface area (Å²) in [6, 6.07) is 15.5. The minimum absolute atomic E-state index is 0.348. The van der Waals surface area contributed by atoms with Crippen LogP contribution in [0.15, 0.2) is 81.3 Å². The van der Waals surface area contributed by atoms with Gasteiger partial charge in [-0.15, -0.1) is 0 Å². The molecule has 2 aliphatic heterocycles. The van der Waals surface area contributed by atoms with E-state index in [2.05, 4.69) is 22.8 Å². The lowest BCUT2D eigenvalue weighted by Crippen LogP contribution is -2.32. The molecule has 0 aliphatic carbocycles. The number of primary amides is 1. The van der Waals surface area contributed by atoms with Crippen molar-refractivity contribution >= 4 is 22.7 Å². The predicted octanol–water partition coefficient (Wildman–Crippen LogP) is 3.06. The second-order valence-corrected chi connectivity index (χ2v) is 7.17. The highest BCUT2D eigenvalue weighted by atomic mass is 16.5. The van der Waals surface area contributed by atoms with Crippen molar-refractivity contribution in [2.75, 3.05) is 6.61 Å². The Labute approximate surface area is 172 Å². The summed E-state index contributed by atoms with van der Waals surface area (Å²) in [5.41, 5.74) is 10.1. The number of fused-ring (bicyclic) bond motifs is 2. The molecular formula is C23H20N4O3. The summed E-state index contributed by atoms with van der Waals surface area (Å²) >= 11 is 0. The first kappa shape index (κ1) is 18.1. The van der Waals surface area contributed by atoms with Crippen LogP contribution in [0.4, 0.5) is 0 Å². The fourth-order valence-electron chi connectivity index (χ4n) is 3.77. The Kier molecular flexibility index (Phi) is 4.28. The fraction of sp³-hybridized carbons (Fsp3) is 0.130. The Morgan fingerprint density at radius 1 is 1.20 bits per heavy atom. The summed E-state index contributed by atoms with van der Waals surface area (Å²) < 4.78 is 11.4. The minimum atomic E-state index is -0.529. The van der Waals surface area contributed by atoms with E-state index >= 15 is 0 Å². The van der Waals surface area contributed by atoms with Gasteiger partial charge < -0.3 is 25.5 Å². The number of nitrogens with zero attached hydrogens (tertiary/aromatic N) is 1. The molecule has 0 spiro atoms. The zero-order valence-corrected chi connectivity index (χ0v) is 16.4. The van der Waals surface area contributed by atoms with Crippen molar-refractivity contribution in [2.45, 2.75) is 13.5 Å². The van der Waals surface area contributed by atoms with Crippen LogP contribution in [0.3, 0.4) is 0 Å². The summed E-state index contributed by atoms with van der Waals surface area (Å²) in [7, 11) is 0. The number of para-hydroxylation sites is 1. The van der Waals surface area contributed by atoms with Crippen molar-refractivity contribution in [2.24, 2.45) is 10.7 Å². The molecule has 30 heavy (non-hydrogen) atoms. The molecule has 0 unspecified atom stereocenters. The molecule has 1 amide bonds. The van der Waals surface area contributed by atoms with Crippen molar-refractivity contribution in [1.29, 1.82) is 0 Å². The Hall–Kier alpha value is -4.00. The maximum Gasteiger partial charge on any atom is 0.252 e. The van der Waals surface area contributed by atoms with Crippen LogP contribution in [0.1, 0.15) is 27.2 Å². The van der Waals surface area contributed by atoms with Crippen LogP contribution in [0.25, 0.3) is 11.0 Å². The van der Waals surface area contributed by atoms with Gasteiger partial charge in [0.1, 0.15) is 35.9 Å². The van der Waals surface area contributed by atoms with Gasteiger partial charge in [0.05, 0.1) is 22.4 Å². The number of hydrogen-bond donors (Lipinski definition) is 3. The molecule has 0 fully saturated rings. The molecule has 2 aliphatic rings. The molecule has 7 nitrogen and oxygen atoms in total. The van der Waals surface area contributed by atoms with Crippen molar-refractivity contribution in [3.63, 3.8) is 0 Å². The van der Waals surface area contributed by atoms with Crippen LogP contribution < -0.4 is 16.4 Å². The largest absolute Gasteiger partial charge is 0.494 e. The summed E-state index contributed by atoms with van der Waals surface area (Å²) in [6.07, 6.45) is 1.70. The first-order chi connectivity index (χ1) is 14.6. The molecule has 3 heterocycles. The zero-order valence-electron chi connectivity index (χ0n) is 16.4. The number of rotatable bonds is 5. The highest BCUT2D eigenvalue weighted by Gasteiger charge is 2.28. The van der Waals surface area contributed by atoms with Gasteiger partial charge in [-0.3, -0.25) is 4.79 Å². The highest BCUT2D eigenvalue weighted by Crippen LogP contribution is 2.31. The smallest absolute Gasteiger partial charge is 0.252 e. The van der Waals surface area contributed by atoms with Crippen LogP contribution in [0.5, 0.6) is 0 Å². The average Bonchev–Trinajstić information content (AvgIpc) is 3.35. The SMILES string of the molecule is Cc1oc2c(C(N)=O)cccc2c1C1=NC(NCc2ccccc2)=C2COC=C2N1. The van der Waals surface area contributed by atoms with Gasteiger partial charge in [-0.2, -0.15) is 0 Å². The molecule has 1 aromatic heterocycles. The summed E-state index contributed by atoms with van der Waals surface area (Å²) in [6.45, 7) is 2.94. The van der Waals surface area contributed by atoms with E-state index in [1.807, 2.05) is 31.2 Å². The van der Waals surface area contributed by atoms with Gasteiger partial charge in [0.25, 0.3) is 5.91 Å². The normalized spacial score (nSPS) is 15.2. The Morgan fingerprint density at radius 3 is 2.83 bits per heavy atom. The third kappa shape index (κ3) is 3.00. The molecular weight excluding hydrogens is 380 g/mol. The number of carbonyl (C=O) groups is 1. The number of furan rings is 1. The van der Waals surface area contributed by atoms with Gasteiger partial charge in [0, 0.05) is 11.9 Å². The molecule has 7 heteroatoms. The number of benzene rings is 2. The third-order valence-corrected chi connectivity index (χ3v) is 5.21. The van der Waals surface area contributed by atoms with E-state index in [0.29, 0.717) is 35.9 Å². The summed E-state index contributed by atoms with van der Waals surface area (Å²) in [5.74, 6) is 1.49. The van der Waals surface area contributed by atoms with Gasteiger partial charge >= 0.3 is 0 Å². The molecule has 3 aromatic rings. The first-order valence-electron chi connectivity index (χ1n) is 9.63. The molecule has 0 saturated heterocycles. The number of aryl methyl sites for hydroxylation is 1. The van der Waals surface area contributed by atoms with Crippen LogP contribution in [-0.2, 0) is 11.3 Å². The van der Waals surface area contributed by atoms with Crippen LogP contribution >= 0.6 is 0 Å². The van der Waals surface area contributed by atoms with E-state index in [-0.39, 0.29) is 0 Å². The molecule has 150 valence electrons. The number of nitrogens with one attached hydrogen (secondary N) is 2. The second kappa shape index (κ2) is 7.11. The zero-order chi connectivity index (χ0) is 20.7. The first-order valence-corrected chi connectivity index (χ1v) is 9.63. The van der Waals surface area contributed by atoms with Gasteiger partial charge in [0.2, 0.25) is 0 Å². The van der Waals surface area contributed by atoms with Crippen LogP contribution in [-0.4, -0.2) is 18.3 Å². The topological polar surface area (TPSA) is 102 Å². The monoisotopic (exact) mass is 400 g/mol. The highest BCUT2D eigenvalue weighted by molar-refractivity contribution is 6.15. The average molecular weight is 400 g/mol. The van der Waals surface area contributed by atoms with E-state index in [1.54, 1.807) is 18.4 Å². The standard InChI is InChI=1S/C23H20N4O3/c1-13-19(15-8-5-9-16(21(24)28)20(15)30-13)23-26-18-12-29-11-17(18)22(27-23)25-10-14-6-3-2-4-7-14/h2-9,12,25H,10-11H2,1H3,(H2,24,28)(H,26,27). The van der Waals surface area contributed by atoms with Gasteiger partial charge in [-0.1, -0.05) is 42.5 Å². The summed E-state index contributed by atoms with van der Waals surface area (Å²) in [5, 5.41) is 7.54. The van der Waals surface area contributed by atoms with Crippen LogP contribution in [0, 0.1) is 6.92 Å². The molecule has 0 bridgehead atoms. The molecule has 2 aromatic carbocycles. The molecule has 0 radical (unpaired) electrons. The number of carbonyl (C=O) groups excluding carboxylic acids is 1. The number of ether oxygens (including phenoxy) is 1. The van der Waals surface area contributed by atoms with E-state index in [1.165, 1.54) is 0 Å². The van der Waals surface area contributed by atoms with Crippen LogP contribution in [0.2, 0.25) is 0 Å². The van der Waals surface area contributed by atoms with E-state index < -0.39 is 5.91 Å². The number of nitrogens with two attached hydrogens (primary N) is 1. The van der Waals surface area contributed by atoms with Gasteiger partial charge in [0.15, 0.2) is 0 Å². The second-order valence-electron chi connectivity index (χ2n) is 7.17. The van der Waals surface area contributed by atoms with E-state index in [9.17, 15) is 4.79 Å². The van der Waals surface area contributed by atoms with E-state index in [0.717, 1.165) is 33.6 Å². The molecule has 0 atom stereocenters. The van der Waals surface area contributed by atoms with Crippen molar-refractivity contribution in [3.05, 3.63) is 94.3 Å².